The van der Waals surface area contributed by atoms with Gasteiger partial charge in [0.2, 0.25) is 0 Å². The van der Waals surface area contributed by atoms with Crippen LogP contribution < -0.4 is 15.4 Å². The number of rotatable bonds is 5. The zero-order valence-electron chi connectivity index (χ0n) is 12.1. The number of hydrogen-bond donors (Lipinski definition) is 2. The van der Waals surface area contributed by atoms with Crippen LogP contribution in [-0.4, -0.2) is 19.1 Å². The van der Waals surface area contributed by atoms with E-state index < -0.39 is 4.92 Å². The number of anilines is 3. The van der Waals surface area contributed by atoms with Crippen molar-refractivity contribution in [3.63, 3.8) is 0 Å². The summed E-state index contributed by atoms with van der Waals surface area (Å²) in [6.45, 7) is 1.92. The van der Waals surface area contributed by atoms with Crippen molar-refractivity contribution in [1.82, 2.24) is 0 Å². The van der Waals surface area contributed by atoms with E-state index in [1.165, 1.54) is 0 Å². The Kier molecular flexibility index (Phi) is 4.27. The van der Waals surface area contributed by atoms with E-state index in [9.17, 15) is 10.1 Å². The summed E-state index contributed by atoms with van der Waals surface area (Å²) >= 11 is 0. The number of nitrogens with one attached hydrogen (secondary N) is 2. The topological polar surface area (TPSA) is 76.4 Å². The largest absolute Gasteiger partial charge is 0.496 e. The number of para-hydroxylation sites is 1. The first-order valence-corrected chi connectivity index (χ1v) is 6.43. The van der Waals surface area contributed by atoms with E-state index in [0.717, 1.165) is 17.0 Å². The number of ether oxygens (including phenoxy) is 1. The number of nitro benzene ring substituents is 1. The first-order valence-electron chi connectivity index (χ1n) is 6.43. The molecule has 110 valence electrons. The monoisotopic (exact) mass is 287 g/mol. The predicted octanol–water partition coefficient (Wildman–Crippen LogP) is 3.70. The molecule has 2 aromatic carbocycles. The summed E-state index contributed by atoms with van der Waals surface area (Å²) in [6, 6.07) is 10.6. The van der Waals surface area contributed by atoms with Gasteiger partial charge >= 0.3 is 5.69 Å². The molecular weight excluding hydrogens is 270 g/mol. The van der Waals surface area contributed by atoms with E-state index in [1.807, 2.05) is 25.1 Å². The molecule has 0 saturated heterocycles. The second kappa shape index (κ2) is 6.13. The van der Waals surface area contributed by atoms with Crippen molar-refractivity contribution in [2.24, 2.45) is 0 Å². The average molecular weight is 287 g/mol. The lowest BCUT2D eigenvalue weighted by atomic mass is 10.1. The third kappa shape index (κ3) is 3.05. The lowest BCUT2D eigenvalue weighted by Crippen LogP contribution is -2.01. The van der Waals surface area contributed by atoms with E-state index in [-0.39, 0.29) is 5.69 Å². The summed E-state index contributed by atoms with van der Waals surface area (Å²) in [4.78, 5) is 10.9. The van der Waals surface area contributed by atoms with E-state index in [2.05, 4.69) is 10.6 Å². The Hall–Kier alpha value is -2.76. The first-order chi connectivity index (χ1) is 10.1. The minimum Gasteiger partial charge on any atom is -0.496 e. The molecule has 0 atom stereocenters. The Morgan fingerprint density at radius 2 is 1.90 bits per heavy atom. The van der Waals surface area contributed by atoms with Gasteiger partial charge in [0.1, 0.15) is 17.1 Å². The van der Waals surface area contributed by atoms with Crippen molar-refractivity contribution < 1.29 is 9.66 Å². The molecule has 0 aromatic heterocycles. The summed E-state index contributed by atoms with van der Waals surface area (Å²) in [5.41, 5.74) is 2.65. The maximum atomic E-state index is 11.3. The molecule has 0 aliphatic heterocycles. The molecule has 0 amide bonds. The first kappa shape index (κ1) is 14.6. The van der Waals surface area contributed by atoms with Crippen LogP contribution in [0.25, 0.3) is 0 Å². The van der Waals surface area contributed by atoms with E-state index in [0.29, 0.717) is 11.4 Å². The van der Waals surface area contributed by atoms with Gasteiger partial charge < -0.3 is 15.4 Å². The maximum absolute atomic E-state index is 11.3. The Morgan fingerprint density at radius 1 is 1.19 bits per heavy atom. The number of aryl methyl sites for hydroxylation is 1. The van der Waals surface area contributed by atoms with Crippen LogP contribution in [0.2, 0.25) is 0 Å². The van der Waals surface area contributed by atoms with Gasteiger partial charge in [-0.05, 0) is 42.8 Å². The molecule has 6 nitrogen and oxygen atoms in total. The van der Waals surface area contributed by atoms with Crippen LogP contribution in [0.1, 0.15) is 5.56 Å². The molecule has 0 fully saturated rings. The van der Waals surface area contributed by atoms with Crippen LogP contribution in [0.5, 0.6) is 5.75 Å². The highest BCUT2D eigenvalue weighted by atomic mass is 16.6. The third-order valence-corrected chi connectivity index (χ3v) is 3.16. The summed E-state index contributed by atoms with van der Waals surface area (Å²) in [6.07, 6.45) is 0. The summed E-state index contributed by atoms with van der Waals surface area (Å²) < 4.78 is 5.20. The molecule has 2 rings (SSSR count). The van der Waals surface area contributed by atoms with Gasteiger partial charge in [-0.25, -0.2) is 0 Å². The minimum absolute atomic E-state index is 0.0217. The average Bonchev–Trinajstić information content (AvgIpc) is 2.46. The highest BCUT2D eigenvalue weighted by Crippen LogP contribution is 2.35. The molecule has 0 radical (unpaired) electrons. The maximum Gasteiger partial charge on any atom is 0.315 e. The molecule has 0 aliphatic rings. The Morgan fingerprint density at radius 3 is 2.48 bits per heavy atom. The Labute approximate surface area is 122 Å². The molecule has 0 bridgehead atoms. The number of nitro groups is 1. The van der Waals surface area contributed by atoms with Gasteiger partial charge in [-0.3, -0.25) is 10.1 Å². The number of nitrogens with zero attached hydrogens (tertiary/aromatic N) is 1. The van der Waals surface area contributed by atoms with Crippen molar-refractivity contribution in [1.29, 1.82) is 0 Å². The van der Waals surface area contributed by atoms with Gasteiger partial charge in [0.25, 0.3) is 0 Å². The smallest absolute Gasteiger partial charge is 0.315 e. The van der Waals surface area contributed by atoms with Crippen molar-refractivity contribution in [3.05, 3.63) is 52.1 Å². The number of methoxy groups -OCH3 is 1. The summed E-state index contributed by atoms with van der Waals surface area (Å²) in [5.74, 6) is 0.777. The highest BCUT2D eigenvalue weighted by Gasteiger charge is 2.19. The van der Waals surface area contributed by atoms with Gasteiger partial charge in [0.15, 0.2) is 0 Å². The molecule has 0 aliphatic carbocycles. The standard InChI is InChI=1S/C15H17N3O3/c1-10-9-11(7-8-14(10)21-3)17-13-6-4-5-12(16-2)15(13)18(19)20/h4-9,16-17H,1-3H3. The number of hydrogen-bond acceptors (Lipinski definition) is 5. The molecule has 6 heteroatoms. The molecular formula is C15H17N3O3. The molecule has 0 spiro atoms. The van der Waals surface area contributed by atoms with E-state index >= 15 is 0 Å². The van der Waals surface area contributed by atoms with Crippen molar-refractivity contribution >= 4 is 22.7 Å². The van der Waals surface area contributed by atoms with Crippen LogP contribution in [0.15, 0.2) is 36.4 Å². The number of benzene rings is 2. The molecule has 0 unspecified atom stereocenters. The Balaban J connectivity index is 2.40. The quantitative estimate of drug-likeness (QED) is 0.647. The van der Waals surface area contributed by atoms with Crippen molar-refractivity contribution in [3.8, 4) is 5.75 Å². The van der Waals surface area contributed by atoms with Crippen LogP contribution >= 0.6 is 0 Å². The SMILES string of the molecule is CNc1cccc(Nc2ccc(OC)c(C)c2)c1[N+](=O)[O-]. The van der Waals surface area contributed by atoms with Crippen LogP contribution in [0.4, 0.5) is 22.7 Å². The minimum atomic E-state index is -0.398. The van der Waals surface area contributed by atoms with Crippen molar-refractivity contribution in [2.75, 3.05) is 24.8 Å². The normalized spacial score (nSPS) is 10.0. The summed E-state index contributed by atoms with van der Waals surface area (Å²) in [5, 5.41) is 17.2. The third-order valence-electron chi connectivity index (χ3n) is 3.16. The molecule has 21 heavy (non-hydrogen) atoms. The zero-order valence-corrected chi connectivity index (χ0v) is 12.1. The molecule has 2 N–H and O–H groups in total. The second-order valence-electron chi connectivity index (χ2n) is 4.52. The predicted molar refractivity (Wildman–Crippen MR) is 83.7 cm³/mol. The van der Waals surface area contributed by atoms with E-state index in [1.54, 1.807) is 32.4 Å². The Bertz CT molecular complexity index is 671. The molecule has 0 heterocycles. The second-order valence-corrected chi connectivity index (χ2v) is 4.52. The van der Waals surface area contributed by atoms with E-state index in [4.69, 9.17) is 4.74 Å². The van der Waals surface area contributed by atoms with Gasteiger partial charge in [0.05, 0.1) is 12.0 Å². The fourth-order valence-electron chi connectivity index (χ4n) is 2.15. The fraction of sp³-hybridized carbons (Fsp3) is 0.200. The van der Waals surface area contributed by atoms with Crippen molar-refractivity contribution in [2.45, 2.75) is 6.92 Å². The fourth-order valence-corrected chi connectivity index (χ4v) is 2.15. The zero-order chi connectivity index (χ0) is 15.4. The molecule has 0 saturated carbocycles. The van der Waals surface area contributed by atoms with Crippen LogP contribution in [-0.2, 0) is 0 Å². The summed E-state index contributed by atoms with van der Waals surface area (Å²) in [7, 11) is 3.26. The van der Waals surface area contributed by atoms with Gasteiger partial charge in [0, 0.05) is 12.7 Å². The van der Waals surface area contributed by atoms with Crippen LogP contribution in [0, 0.1) is 17.0 Å². The van der Waals surface area contributed by atoms with Gasteiger partial charge in [-0.15, -0.1) is 0 Å². The lowest BCUT2D eigenvalue weighted by molar-refractivity contribution is -0.383. The van der Waals surface area contributed by atoms with Gasteiger partial charge in [-0.2, -0.15) is 0 Å². The lowest BCUT2D eigenvalue weighted by Gasteiger charge is -2.12. The van der Waals surface area contributed by atoms with Gasteiger partial charge in [-0.1, -0.05) is 6.07 Å². The van der Waals surface area contributed by atoms with Crippen LogP contribution in [0.3, 0.4) is 0 Å². The molecule has 2 aromatic rings. The highest BCUT2D eigenvalue weighted by molar-refractivity contribution is 5.79.